The lowest BCUT2D eigenvalue weighted by atomic mass is 9.95. The van der Waals surface area contributed by atoms with Gasteiger partial charge in [-0.2, -0.15) is 0 Å². The highest BCUT2D eigenvalue weighted by Crippen LogP contribution is 2.32. The van der Waals surface area contributed by atoms with Gasteiger partial charge >= 0.3 is 23.9 Å². The van der Waals surface area contributed by atoms with Crippen LogP contribution in [0.4, 0.5) is 0 Å². The predicted octanol–water partition coefficient (Wildman–Crippen LogP) is -0.338. The molecule has 1 aliphatic rings. The number of hydrogen-bond donors (Lipinski definition) is 0. The number of esters is 4. The van der Waals surface area contributed by atoms with Gasteiger partial charge in [-0.15, -0.1) is 0 Å². The first-order valence-electron chi connectivity index (χ1n) is 7.48. The lowest BCUT2D eigenvalue weighted by Gasteiger charge is -2.33. The number of nitrogens with zero attached hydrogens (tertiary/aromatic N) is 1. The van der Waals surface area contributed by atoms with Crippen LogP contribution in [0.3, 0.4) is 0 Å². The van der Waals surface area contributed by atoms with Crippen molar-refractivity contribution in [2.45, 2.75) is 38.9 Å². The first-order valence-corrected chi connectivity index (χ1v) is 7.48. The number of carbonyl (C=O) groups is 4. The van der Waals surface area contributed by atoms with Crippen LogP contribution in [0.15, 0.2) is 0 Å². The van der Waals surface area contributed by atoms with E-state index in [0.29, 0.717) is 0 Å². The van der Waals surface area contributed by atoms with Gasteiger partial charge in [-0.3, -0.25) is 24.1 Å². The minimum atomic E-state index is -1.19. The van der Waals surface area contributed by atoms with Crippen molar-refractivity contribution in [2.75, 3.05) is 33.4 Å². The summed E-state index contributed by atoms with van der Waals surface area (Å²) in [6.45, 7) is 4.05. The SMILES string of the molecule is COC(=O)CN1C[C@@H](OC(C)=O)[C@](CCOC(C)=O)(OC(C)=O)C1. The van der Waals surface area contributed by atoms with Gasteiger partial charge in [-0.25, -0.2) is 0 Å². The number of carbonyl (C=O) groups excluding carboxylic acids is 4. The van der Waals surface area contributed by atoms with Crippen molar-refractivity contribution in [1.29, 1.82) is 0 Å². The summed E-state index contributed by atoms with van der Waals surface area (Å²) in [5.41, 5.74) is -1.19. The van der Waals surface area contributed by atoms with Gasteiger partial charge in [0.2, 0.25) is 0 Å². The van der Waals surface area contributed by atoms with Gasteiger partial charge in [0.15, 0.2) is 11.7 Å². The Hall–Kier alpha value is -2.16. The number of methoxy groups -OCH3 is 1. The molecule has 1 aliphatic heterocycles. The van der Waals surface area contributed by atoms with Crippen molar-refractivity contribution in [1.82, 2.24) is 4.90 Å². The molecule has 2 atom stereocenters. The van der Waals surface area contributed by atoms with Gasteiger partial charge in [-0.05, 0) is 0 Å². The molecule has 0 aromatic heterocycles. The van der Waals surface area contributed by atoms with E-state index in [9.17, 15) is 19.2 Å². The highest BCUT2D eigenvalue weighted by molar-refractivity contribution is 5.72. The second-order valence-corrected chi connectivity index (χ2v) is 5.59. The number of hydrogen-bond acceptors (Lipinski definition) is 9. The molecular formula is C15H23NO8. The molecule has 136 valence electrons. The Morgan fingerprint density at radius 2 is 1.75 bits per heavy atom. The molecule has 0 aromatic carbocycles. The standard InChI is InChI=1S/C15H23NO8/c1-10(17)22-6-5-15(24-12(3)19)9-16(8-14(20)21-4)7-13(15)23-11(2)18/h13H,5-9H2,1-4H3/t13-,15-/m1/s1. The lowest BCUT2D eigenvalue weighted by molar-refractivity contribution is -0.179. The zero-order chi connectivity index (χ0) is 18.3. The van der Waals surface area contributed by atoms with Crippen LogP contribution in [0.2, 0.25) is 0 Å². The average Bonchev–Trinajstić information content (AvgIpc) is 2.74. The van der Waals surface area contributed by atoms with Gasteiger partial charge in [-0.1, -0.05) is 0 Å². The minimum Gasteiger partial charge on any atom is -0.468 e. The van der Waals surface area contributed by atoms with Crippen LogP contribution in [0, 0.1) is 0 Å². The molecule has 0 unspecified atom stereocenters. The zero-order valence-corrected chi connectivity index (χ0v) is 14.3. The topological polar surface area (TPSA) is 108 Å². The Bertz CT molecular complexity index is 506. The van der Waals surface area contributed by atoms with Gasteiger partial charge < -0.3 is 18.9 Å². The summed E-state index contributed by atoms with van der Waals surface area (Å²) in [7, 11) is 1.27. The largest absolute Gasteiger partial charge is 0.468 e. The molecule has 1 rings (SSSR count). The first-order chi connectivity index (χ1) is 11.2. The molecule has 0 spiro atoms. The third-order valence-corrected chi connectivity index (χ3v) is 3.57. The molecular weight excluding hydrogens is 322 g/mol. The summed E-state index contributed by atoms with van der Waals surface area (Å²) in [6, 6.07) is 0. The van der Waals surface area contributed by atoms with E-state index in [2.05, 4.69) is 4.74 Å². The average molecular weight is 345 g/mol. The molecule has 0 aromatic rings. The molecule has 0 radical (unpaired) electrons. The van der Waals surface area contributed by atoms with Gasteiger partial charge in [0.1, 0.15) is 0 Å². The molecule has 0 amide bonds. The first kappa shape index (κ1) is 19.9. The van der Waals surface area contributed by atoms with Crippen molar-refractivity contribution < 1.29 is 38.1 Å². The fourth-order valence-corrected chi connectivity index (χ4v) is 2.70. The van der Waals surface area contributed by atoms with Crippen LogP contribution < -0.4 is 0 Å². The Labute approximate surface area is 140 Å². The van der Waals surface area contributed by atoms with E-state index < -0.39 is 35.6 Å². The van der Waals surface area contributed by atoms with Crippen LogP contribution in [-0.4, -0.2) is 73.8 Å². The smallest absolute Gasteiger partial charge is 0.319 e. The summed E-state index contributed by atoms with van der Waals surface area (Å²) in [5, 5.41) is 0. The number of rotatable bonds is 7. The minimum absolute atomic E-state index is 0.00750. The van der Waals surface area contributed by atoms with Crippen molar-refractivity contribution >= 4 is 23.9 Å². The molecule has 0 bridgehead atoms. The Morgan fingerprint density at radius 3 is 2.25 bits per heavy atom. The number of likely N-dealkylation sites (tertiary alicyclic amines) is 1. The highest BCUT2D eigenvalue weighted by Gasteiger charge is 2.52. The normalized spacial score (nSPS) is 23.4. The maximum absolute atomic E-state index is 11.5. The van der Waals surface area contributed by atoms with Crippen LogP contribution in [0.1, 0.15) is 27.2 Å². The maximum Gasteiger partial charge on any atom is 0.319 e. The molecule has 9 heteroatoms. The van der Waals surface area contributed by atoms with Crippen molar-refractivity contribution in [3.05, 3.63) is 0 Å². The fraction of sp³-hybridized carbons (Fsp3) is 0.733. The zero-order valence-electron chi connectivity index (χ0n) is 14.3. The molecule has 0 saturated carbocycles. The summed E-state index contributed by atoms with van der Waals surface area (Å²) >= 11 is 0. The van der Waals surface area contributed by atoms with E-state index in [-0.39, 0.29) is 32.7 Å². The highest BCUT2D eigenvalue weighted by atomic mass is 16.6. The summed E-state index contributed by atoms with van der Waals surface area (Å²) in [5.74, 6) is -2.03. The molecule has 9 nitrogen and oxygen atoms in total. The summed E-state index contributed by atoms with van der Waals surface area (Å²) in [4.78, 5) is 47.0. The van der Waals surface area contributed by atoms with E-state index in [1.54, 1.807) is 4.90 Å². The van der Waals surface area contributed by atoms with E-state index in [1.807, 2.05) is 0 Å². The third kappa shape index (κ3) is 5.80. The fourth-order valence-electron chi connectivity index (χ4n) is 2.70. The van der Waals surface area contributed by atoms with Gasteiger partial charge in [0.25, 0.3) is 0 Å². The van der Waals surface area contributed by atoms with E-state index in [1.165, 1.54) is 27.9 Å². The Morgan fingerprint density at radius 1 is 1.08 bits per heavy atom. The van der Waals surface area contributed by atoms with Crippen molar-refractivity contribution in [3.8, 4) is 0 Å². The Balaban J connectivity index is 2.97. The van der Waals surface area contributed by atoms with E-state index >= 15 is 0 Å². The summed E-state index contributed by atoms with van der Waals surface area (Å²) < 4.78 is 20.3. The predicted molar refractivity (Wildman–Crippen MR) is 79.8 cm³/mol. The van der Waals surface area contributed by atoms with Crippen molar-refractivity contribution in [3.63, 3.8) is 0 Å². The van der Waals surface area contributed by atoms with Crippen LogP contribution >= 0.6 is 0 Å². The summed E-state index contributed by atoms with van der Waals surface area (Å²) in [6.07, 6.45) is -0.638. The second kappa shape index (κ2) is 8.62. The van der Waals surface area contributed by atoms with E-state index in [0.717, 1.165) is 0 Å². The molecule has 24 heavy (non-hydrogen) atoms. The quantitative estimate of drug-likeness (QED) is 0.452. The van der Waals surface area contributed by atoms with Crippen LogP contribution in [0.5, 0.6) is 0 Å². The molecule has 1 heterocycles. The second-order valence-electron chi connectivity index (χ2n) is 5.59. The molecule has 0 aliphatic carbocycles. The number of ether oxygens (including phenoxy) is 4. The van der Waals surface area contributed by atoms with Crippen LogP contribution in [0.25, 0.3) is 0 Å². The monoisotopic (exact) mass is 345 g/mol. The van der Waals surface area contributed by atoms with Crippen LogP contribution in [-0.2, 0) is 38.1 Å². The molecule has 1 saturated heterocycles. The maximum atomic E-state index is 11.5. The lowest BCUT2D eigenvalue weighted by Crippen LogP contribution is -2.48. The molecule has 0 N–H and O–H groups in total. The van der Waals surface area contributed by atoms with Crippen molar-refractivity contribution in [2.24, 2.45) is 0 Å². The molecule has 1 fully saturated rings. The van der Waals surface area contributed by atoms with Gasteiger partial charge in [0, 0.05) is 40.3 Å². The van der Waals surface area contributed by atoms with E-state index in [4.69, 9.17) is 14.2 Å². The Kier molecular flexibility index (Phi) is 7.15. The third-order valence-electron chi connectivity index (χ3n) is 3.57. The van der Waals surface area contributed by atoms with Gasteiger partial charge in [0.05, 0.1) is 20.3 Å².